The number of carbonyl (C=O) groups excluding carboxylic acids is 2. The van der Waals surface area contributed by atoms with E-state index in [9.17, 15) is 9.59 Å². The Balaban J connectivity index is 1.23. The summed E-state index contributed by atoms with van der Waals surface area (Å²) in [6.45, 7) is 2.35. The zero-order chi connectivity index (χ0) is 24.1. The molecule has 2 aliphatic rings. The summed E-state index contributed by atoms with van der Waals surface area (Å²) >= 11 is 5.02. The fourth-order valence-electron chi connectivity index (χ4n) is 5.14. The number of nitrogens with zero attached hydrogens (tertiary/aromatic N) is 3. The number of pyridine rings is 1. The first kappa shape index (κ1) is 22.4. The predicted molar refractivity (Wildman–Crippen MR) is 141 cm³/mol. The van der Waals surface area contributed by atoms with Gasteiger partial charge in [0.15, 0.2) is 0 Å². The first-order valence-electron chi connectivity index (χ1n) is 11.7. The molecule has 3 heterocycles. The standard InChI is InChI=1S/C27H23BrN4O2S/c1-15-31-24(25(35-15)17-7-9-19(28)10-8-17)27(34)32-20(12-18-13-22(18)32)14-30-26(33)21-6-2-4-16-5-3-11-29-23(16)21/h2-11,18,20,22H,12-14H2,1H3,(H,30,33)/t18-,20+,22+/m1/s1. The van der Waals surface area contributed by atoms with Gasteiger partial charge >= 0.3 is 0 Å². The maximum absolute atomic E-state index is 13.8. The van der Waals surface area contributed by atoms with Gasteiger partial charge in [-0.3, -0.25) is 14.6 Å². The van der Waals surface area contributed by atoms with Crippen LogP contribution in [0.25, 0.3) is 21.3 Å². The van der Waals surface area contributed by atoms with Crippen LogP contribution in [0, 0.1) is 12.8 Å². The molecule has 0 radical (unpaired) electrons. The molecule has 1 aliphatic heterocycles. The Morgan fingerprint density at radius 2 is 1.91 bits per heavy atom. The maximum Gasteiger partial charge on any atom is 0.274 e. The molecule has 2 aromatic carbocycles. The van der Waals surface area contributed by atoms with Crippen LogP contribution in [0.3, 0.4) is 0 Å². The zero-order valence-corrected chi connectivity index (χ0v) is 21.5. The van der Waals surface area contributed by atoms with Gasteiger partial charge in [-0.25, -0.2) is 4.98 Å². The molecular weight excluding hydrogens is 524 g/mol. The molecule has 2 amide bonds. The molecule has 1 saturated heterocycles. The third kappa shape index (κ3) is 4.15. The van der Waals surface area contributed by atoms with Crippen LogP contribution < -0.4 is 5.32 Å². The number of hydrogen-bond donors (Lipinski definition) is 1. The zero-order valence-electron chi connectivity index (χ0n) is 19.1. The Morgan fingerprint density at radius 1 is 1.11 bits per heavy atom. The number of carbonyl (C=O) groups is 2. The number of benzene rings is 2. The van der Waals surface area contributed by atoms with E-state index in [-0.39, 0.29) is 23.9 Å². The number of aryl methyl sites for hydroxylation is 1. The summed E-state index contributed by atoms with van der Waals surface area (Å²) in [5.41, 5.74) is 2.74. The molecule has 6 nitrogen and oxygen atoms in total. The van der Waals surface area contributed by atoms with Gasteiger partial charge in [0.05, 0.1) is 27.0 Å². The normalized spacial score (nSPS) is 20.6. The van der Waals surface area contributed by atoms with Gasteiger partial charge in [0.2, 0.25) is 0 Å². The Hall–Kier alpha value is -3.10. The number of nitrogens with one attached hydrogen (secondary N) is 1. The molecule has 2 fully saturated rings. The van der Waals surface area contributed by atoms with Gasteiger partial charge in [0.25, 0.3) is 11.8 Å². The lowest BCUT2D eigenvalue weighted by molar-refractivity contribution is 0.0684. The lowest BCUT2D eigenvalue weighted by atomic mass is 10.1. The molecule has 176 valence electrons. The van der Waals surface area contributed by atoms with Crippen LogP contribution in [0.2, 0.25) is 0 Å². The van der Waals surface area contributed by atoms with E-state index in [2.05, 4.69) is 31.2 Å². The molecule has 1 aliphatic carbocycles. The number of piperidine rings is 1. The van der Waals surface area contributed by atoms with Crippen LogP contribution in [-0.4, -0.2) is 45.3 Å². The Kier molecular flexibility index (Phi) is 5.65. The molecule has 0 unspecified atom stereocenters. The topological polar surface area (TPSA) is 75.2 Å². The molecule has 35 heavy (non-hydrogen) atoms. The number of likely N-dealkylation sites (tertiary alicyclic amines) is 1. The van der Waals surface area contributed by atoms with Crippen LogP contribution in [0.15, 0.2) is 65.3 Å². The second-order valence-corrected chi connectivity index (χ2v) is 11.3. The van der Waals surface area contributed by atoms with E-state index in [0.717, 1.165) is 38.1 Å². The number of amides is 2. The van der Waals surface area contributed by atoms with Crippen molar-refractivity contribution >= 4 is 50.0 Å². The minimum atomic E-state index is -0.165. The van der Waals surface area contributed by atoms with Crippen LogP contribution in [0.5, 0.6) is 0 Å². The average molecular weight is 547 g/mol. The number of aromatic nitrogens is 2. The average Bonchev–Trinajstić information content (AvgIpc) is 3.36. The highest BCUT2D eigenvalue weighted by atomic mass is 79.9. The minimum Gasteiger partial charge on any atom is -0.350 e. The molecule has 0 spiro atoms. The van der Waals surface area contributed by atoms with Crippen molar-refractivity contribution in [1.29, 1.82) is 0 Å². The van der Waals surface area contributed by atoms with Crippen molar-refractivity contribution in [2.45, 2.75) is 31.8 Å². The summed E-state index contributed by atoms with van der Waals surface area (Å²) in [7, 11) is 0. The largest absolute Gasteiger partial charge is 0.350 e. The van der Waals surface area contributed by atoms with Crippen LogP contribution in [0.4, 0.5) is 0 Å². The van der Waals surface area contributed by atoms with E-state index >= 15 is 0 Å². The van der Waals surface area contributed by atoms with Crippen molar-refractivity contribution in [3.63, 3.8) is 0 Å². The van der Waals surface area contributed by atoms with Crippen molar-refractivity contribution in [3.8, 4) is 10.4 Å². The van der Waals surface area contributed by atoms with E-state index in [0.29, 0.717) is 29.2 Å². The molecule has 1 N–H and O–H groups in total. The second-order valence-electron chi connectivity index (χ2n) is 9.17. The molecule has 1 saturated carbocycles. The molecule has 6 rings (SSSR count). The Labute approximate surface area is 215 Å². The smallest absolute Gasteiger partial charge is 0.274 e. The van der Waals surface area contributed by atoms with Gasteiger partial charge in [-0.1, -0.05) is 46.3 Å². The van der Waals surface area contributed by atoms with Gasteiger partial charge < -0.3 is 10.2 Å². The summed E-state index contributed by atoms with van der Waals surface area (Å²) in [5, 5.41) is 4.87. The van der Waals surface area contributed by atoms with E-state index in [1.165, 1.54) is 0 Å². The predicted octanol–water partition coefficient (Wildman–Crippen LogP) is 5.46. The van der Waals surface area contributed by atoms with Gasteiger partial charge in [-0.05, 0) is 55.5 Å². The van der Waals surface area contributed by atoms with Crippen LogP contribution in [0.1, 0.15) is 38.7 Å². The van der Waals surface area contributed by atoms with Crippen LogP contribution in [-0.2, 0) is 0 Å². The first-order chi connectivity index (χ1) is 17.0. The van der Waals surface area contributed by atoms with E-state index in [4.69, 9.17) is 0 Å². The highest BCUT2D eigenvalue weighted by Crippen LogP contribution is 2.48. The third-order valence-corrected chi connectivity index (χ3v) is 8.41. The summed E-state index contributed by atoms with van der Waals surface area (Å²) in [5.74, 6) is 0.307. The number of halogens is 1. The summed E-state index contributed by atoms with van der Waals surface area (Å²) in [6.07, 6.45) is 3.63. The van der Waals surface area contributed by atoms with Crippen molar-refractivity contribution in [1.82, 2.24) is 20.2 Å². The number of hydrogen-bond acceptors (Lipinski definition) is 5. The van der Waals surface area contributed by atoms with E-state index in [1.54, 1.807) is 23.6 Å². The lowest BCUT2D eigenvalue weighted by Gasteiger charge is -2.27. The third-order valence-electron chi connectivity index (χ3n) is 6.86. The second kappa shape index (κ2) is 8.84. The number of para-hydroxylation sites is 1. The molecule has 4 aromatic rings. The van der Waals surface area contributed by atoms with Crippen molar-refractivity contribution in [2.75, 3.05) is 6.54 Å². The fraction of sp³-hybridized carbons (Fsp3) is 0.259. The SMILES string of the molecule is Cc1nc(C(=O)N2[C@H](CNC(=O)c3cccc4cccnc34)C[C@@H]3C[C@@H]32)c(-c2ccc(Br)cc2)s1. The van der Waals surface area contributed by atoms with E-state index < -0.39 is 0 Å². The van der Waals surface area contributed by atoms with Gasteiger partial charge in [-0.15, -0.1) is 11.3 Å². The number of fused-ring (bicyclic) bond motifs is 2. The van der Waals surface area contributed by atoms with Crippen molar-refractivity contribution in [2.24, 2.45) is 5.92 Å². The van der Waals surface area contributed by atoms with Crippen LogP contribution >= 0.6 is 27.3 Å². The molecule has 0 bridgehead atoms. The highest BCUT2D eigenvalue weighted by molar-refractivity contribution is 9.10. The van der Waals surface area contributed by atoms with E-state index in [1.807, 2.05) is 60.4 Å². The fourth-order valence-corrected chi connectivity index (χ4v) is 6.32. The molecule has 3 atom stereocenters. The minimum absolute atomic E-state index is 0.0386. The van der Waals surface area contributed by atoms with Crippen molar-refractivity contribution in [3.05, 3.63) is 81.5 Å². The van der Waals surface area contributed by atoms with Gasteiger partial charge in [-0.2, -0.15) is 0 Å². The molecule has 2 aromatic heterocycles. The lowest BCUT2D eigenvalue weighted by Crippen LogP contribution is -2.45. The van der Waals surface area contributed by atoms with Gasteiger partial charge in [0.1, 0.15) is 5.69 Å². The molecule has 8 heteroatoms. The summed E-state index contributed by atoms with van der Waals surface area (Å²) in [4.78, 5) is 38.8. The Morgan fingerprint density at radius 3 is 2.74 bits per heavy atom. The number of thiazole rings is 1. The summed E-state index contributed by atoms with van der Waals surface area (Å²) < 4.78 is 0.993. The molecular formula is C27H23BrN4O2S. The van der Waals surface area contributed by atoms with Crippen molar-refractivity contribution < 1.29 is 9.59 Å². The summed E-state index contributed by atoms with van der Waals surface area (Å²) in [6, 6.07) is 17.6. The Bertz CT molecular complexity index is 1450. The number of rotatable bonds is 5. The maximum atomic E-state index is 13.8. The van der Waals surface area contributed by atoms with Gasteiger partial charge in [0, 0.05) is 28.6 Å². The quantitative estimate of drug-likeness (QED) is 0.360. The highest BCUT2D eigenvalue weighted by Gasteiger charge is 2.54. The monoisotopic (exact) mass is 546 g/mol. The first-order valence-corrected chi connectivity index (χ1v) is 13.3.